The zero-order chi connectivity index (χ0) is 20.1. The molecule has 0 aliphatic carbocycles. The average Bonchev–Trinajstić information content (AvgIpc) is 2.66. The van der Waals surface area contributed by atoms with Gasteiger partial charge in [0.1, 0.15) is 23.1 Å². The van der Waals surface area contributed by atoms with Crippen molar-refractivity contribution in [3.63, 3.8) is 0 Å². The lowest BCUT2D eigenvalue weighted by atomic mass is 10.1. The fourth-order valence-corrected chi connectivity index (χ4v) is 2.89. The lowest BCUT2D eigenvalue weighted by Gasteiger charge is -2.12. The van der Waals surface area contributed by atoms with Crippen LogP contribution in [0.3, 0.4) is 0 Å². The van der Waals surface area contributed by atoms with Crippen LogP contribution in [0.5, 0.6) is 5.75 Å². The number of benzene rings is 2. The number of amides is 1. The fraction of sp³-hybridized carbons (Fsp3) is 0.227. The molecule has 0 aliphatic heterocycles. The van der Waals surface area contributed by atoms with Crippen LogP contribution in [0, 0.1) is 20.8 Å². The summed E-state index contributed by atoms with van der Waals surface area (Å²) in [5.41, 5.74) is 3.98. The van der Waals surface area contributed by atoms with Crippen LogP contribution >= 0.6 is 0 Å². The van der Waals surface area contributed by atoms with Crippen LogP contribution in [-0.2, 0) is 0 Å². The van der Waals surface area contributed by atoms with Crippen molar-refractivity contribution in [2.45, 2.75) is 27.7 Å². The van der Waals surface area contributed by atoms with Gasteiger partial charge in [-0.05, 0) is 63.1 Å². The Balaban J connectivity index is 1.80. The number of nitrogens with zero attached hydrogens (tertiary/aromatic N) is 2. The van der Waals surface area contributed by atoms with Crippen LogP contribution in [0.2, 0.25) is 0 Å². The number of aryl methyl sites for hydroxylation is 3. The van der Waals surface area contributed by atoms with Gasteiger partial charge >= 0.3 is 0 Å². The fourth-order valence-electron chi connectivity index (χ4n) is 2.89. The molecule has 0 unspecified atom stereocenters. The number of carbonyl (C=O) groups excluding carboxylic acids is 1. The molecule has 0 fully saturated rings. The molecule has 1 amide bonds. The average molecular weight is 376 g/mol. The molecule has 0 saturated heterocycles. The van der Waals surface area contributed by atoms with Crippen LogP contribution in [-0.4, -0.2) is 22.5 Å². The Morgan fingerprint density at radius 2 is 1.68 bits per heavy atom. The Kier molecular flexibility index (Phi) is 5.89. The van der Waals surface area contributed by atoms with E-state index in [-0.39, 0.29) is 5.91 Å². The second kappa shape index (κ2) is 8.52. The number of nitrogens with one attached hydrogen (secondary N) is 2. The van der Waals surface area contributed by atoms with E-state index < -0.39 is 0 Å². The molecule has 0 spiro atoms. The summed E-state index contributed by atoms with van der Waals surface area (Å²) >= 11 is 0. The molecule has 6 nitrogen and oxygen atoms in total. The van der Waals surface area contributed by atoms with Gasteiger partial charge in [-0.3, -0.25) is 4.79 Å². The number of para-hydroxylation sites is 1. The second-order valence-electron chi connectivity index (χ2n) is 6.49. The topological polar surface area (TPSA) is 76.1 Å². The van der Waals surface area contributed by atoms with Gasteiger partial charge in [0.2, 0.25) is 0 Å². The van der Waals surface area contributed by atoms with Crippen LogP contribution < -0.4 is 15.4 Å². The second-order valence-corrected chi connectivity index (χ2v) is 6.49. The van der Waals surface area contributed by atoms with E-state index in [0.717, 1.165) is 28.3 Å². The summed E-state index contributed by atoms with van der Waals surface area (Å²) < 4.78 is 5.45. The van der Waals surface area contributed by atoms with E-state index in [2.05, 4.69) is 20.6 Å². The largest absolute Gasteiger partial charge is 0.494 e. The Bertz CT molecular complexity index is 964. The number of ether oxygens (including phenoxy) is 1. The monoisotopic (exact) mass is 376 g/mol. The maximum absolute atomic E-state index is 12.7. The predicted octanol–water partition coefficient (Wildman–Crippen LogP) is 4.80. The molecule has 1 heterocycles. The van der Waals surface area contributed by atoms with Crippen LogP contribution in [0.1, 0.15) is 34.4 Å². The van der Waals surface area contributed by atoms with E-state index in [1.807, 2.05) is 63.2 Å². The van der Waals surface area contributed by atoms with Crippen molar-refractivity contribution in [3.8, 4) is 5.75 Å². The number of rotatable bonds is 6. The minimum Gasteiger partial charge on any atom is -0.494 e. The molecule has 3 aromatic rings. The zero-order valence-electron chi connectivity index (χ0n) is 16.5. The van der Waals surface area contributed by atoms with Crippen LogP contribution in [0.4, 0.5) is 17.2 Å². The SMILES string of the molecule is CCOc1ccc(Nc2cc(C(=O)Nc3c(C)cccc3C)nc(C)n2)cc1. The quantitative estimate of drug-likeness (QED) is 0.646. The van der Waals surface area contributed by atoms with Gasteiger partial charge in [0, 0.05) is 17.4 Å². The highest BCUT2D eigenvalue weighted by atomic mass is 16.5. The standard InChI is InChI=1S/C22H24N4O2/c1-5-28-18-11-9-17(10-12-18)25-20-13-19(23-16(4)24-20)22(27)26-21-14(2)7-6-8-15(21)3/h6-13H,5H2,1-4H3,(H,26,27)(H,23,24,25). The zero-order valence-corrected chi connectivity index (χ0v) is 16.5. The van der Waals surface area contributed by atoms with E-state index in [0.29, 0.717) is 23.9 Å². The van der Waals surface area contributed by atoms with Crippen molar-refractivity contribution < 1.29 is 9.53 Å². The predicted molar refractivity (Wildman–Crippen MR) is 112 cm³/mol. The molecule has 2 N–H and O–H groups in total. The van der Waals surface area contributed by atoms with Gasteiger partial charge in [0.15, 0.2) is 0 Å². The normalized spacial score (nSPS) is 10.4. The molecule has 1 aromatic heterocycles. The van der Waals surface area contributed by atoms with E-state index in [1.165, 1.54) is 0 Å². The summed E-state index contributed by atoms with van der Waals surface area (Å²) in [5, 5.41) is 6.17. The molecular weight excluding hydrogens is 352 g/mol. The van der Waals surface area contributed by atoms with Crippen molar-refractivity contribution in [1.29, 1.82) is 0 Å². The summed E-state index contributed by atoms with van der Waals surface area (Å²) in [7, 11) is 0. The number of hydrogen-bond donors (Lipinski definition) is 2. The molecule has 3 rings (SSSR count). The van der Waals surface area contributed by atoms with Crippen molar-refractivity contribution in [2.75, 3.05) is 17.2 Å². The van der Waals surface area contributed by atoms with Crippen molar-refractivity contribution in [2.24, 2.45) is 0 Å². The first-order valence-corrected chi connectivity index (χ1v) is 9.19. The summed E-state index contributed by atoms with van der Waals surface area (Å²) in [4.78, 5) is 21.4. The number of aromatic nitrogens is 2. The Hall–Kier alpha value is -3.41. The number of anilines is 3. The molecule has 0 saturated carbocycles. The minimum atomic E-state index is -0.266. The van der Waals surface area contributed by atoms with Crippen LogP contribution in [0.25, 0.3) is 0 Å². The maximum atomic E-state index is 12.7. The molecule has 0 atom stereocenters. The van der Waals surface area contributed by atoms with Gasteiger partial charge in [0.05, 0.1) is 6.61 Å². The molecule has 0 radical (unpaired) electrons. The molecule has 0 aliphatic rings. The van der Waals surface area contributed by atoms with Gasteiger partial charge in [-0.15, -0.1) is 0 Å². The van der Waals surface area contributed by atoms with Crippen molar-refractivity contribution in [1.82, 2.24) is 9.97 Å². The molecule has 0 bridgehead atoms. The lowest BCUT2D eigenvalue weighted by Crippen LogP contribution is -2.16. The van der Waals surface area contributed by atoms with E-state index in [1.54, 1.807) is 13.0 Å². The molecule has 28 heavy (non-hydrogen) atoms. The first kappa shape index (κ1) is 19.4. The minimum absolute atomic E-state index is 0.266. The van der Waals surface area contributed by atoms with Crippen LogP contribution in [0.15, 0.2) is 48.5 Å². The molecule has 2 aromatic carbocycles. The molecule has 6 heteroatoms. The smallest absolute Gasteiger partial charge is 0.274 e. The highest BCUT2D eigenvalue weighted by Crippen LogP contribution is 2.22. The van der Waals surface area contributed by atoms with E-state index >= 15 is 0 Å². The van der Waals surface area contributed by atoms with E-state index in [4.69, 9.17) is 4.74 Å². The van der Waals surface area contributed by atoms with Gasteiger partial charge in [-0.25, -0.2) is 9.97 Å². The number of hydrogen-bond acceptors (Lipinski definition) is 5. The van der Waals surface area contributed by atoms with Gasteiger partial charge < -0.3 is 15.4 Å². The summed E-state index contributed by atoms with van der Waals surface area (Å²) in [6.07, 6.45) is 0. The Morgan fingerprint density at radius 1 is 1.00 bits per heavy atom. The number of carbonyl (C=O) groups is 1. The third kappa shape index (κ3) is 4.65. The first-order valence-electron chi connectivity index (χ1n) is 9.19. The third-order valence-corrected chi connectivity index (χ3v) is 4.23. The highest BCUT2D eigenvalue weighted by molar-refractivity contribution is 6.04. The van der Waals surface area contributed by atoms with E-state index in [9.17, 15) is 4.79 Å². The summed E-state index contributed by atoms with van der Waals surface area (Å²) in [5.74, 6) is 1.61. The highest BCUT2D eigenvalue weighted by Gasteiger charge is 2.13. The Morgan fingerprint density at radius 3 is 2.32 bits per heavy atom. The van der Waals surface area contributed by atoms with Crippen molar-refractivity contribution in [3.05, 3.63) is 71.2 Å². The molecule has 144 valence electrons. The van der Waals surface area contributed by atoms with Gasteiger partial charge in [-0.1, -0.05) is 18.2 Å². The Labute approximate surface area is 165 Å². The third-order valence-electron chi connectivity index (χ3n) is 4.23. The first-order chi connectivity index (χ1) is 13.5. The summed E-state index contributed by atoms with van der Waals surface area (Å²) in [6, 6.07) is 15.1. The molecular formula is C22H24N4O2. The van der Waals surface area contributed by atoms with Gasteiger partial charge in [-0.2, -0.15) is 0 Å². The van der Waals surface area contributed by atoms with Crippen molar-refractivity contribution >= 4 is 23.1 Å². The summed E-state index contributed by atoms with van der Waals surface area (Å²) in [6.45, 7) is 8.26. The van der Waals surface area contributed by atoms with Gasteiger partial charge in [0.25, 0.3) is 5.91 Å². The maximum Gasteiger partial charge on any atom is 0.274 e. The lowest BCUT2D eigenvalue weighted by molar-refractivity contribution is 0.102.